The van der Waals surface area contributed by atoms with Crippen LogP contribution in [-0.4, -0.2) is 25.8 Å². The Hall–Kier alpha value is -1.87. The number of carbonyl (C=O) groups excluding carboxylic acids is 1. The molecule has 0 saturated carbocycles. The van der Waals surface area contributed by atoms with Crippen LogP contribution in [0.1, 0.15) is 18.9 Å². The van der Waals surface area contributed by atoms with Crippen molar-refractivity contribution in [2.75, 3.05) is 19.8 Å². The molecule has 0 unspecified atom stereocenters. The molecular weight excluding hydrogens is 252 g/mol. The quantitative estimate of drug-likeness (QED) is 0.573. The van der Waals surface area contributed by atoms with E-state index in [2.05, 4.69) is 36.4 Å². The predicted octanol–water partition coefficient (Wildman–Crippen LogP) is 3.30. The fourth-order valence-electron chi connectivity index (χ4n) is 2.16. The van der Waals surface area contributed by atoms with Gasteiger partial charge in [0.25, 0.3) is 0 Å². The van der Waals surface area contributed by atoms with Crippen LogP contribution in [0.2, 0.25) is 0 Å². The maximum atomic E-state index is 10.6. The molecule has 2 aliphatic carbocycles. The summed E-state index contributed by atoms with van der Waals surface area (Å²) in [5.41, 5.74) is 3.87. The van der Waals surface area contributed by atoms with Gasteiger partial charge in [-0.1, -0.05) is 42.5 Å². The van der Waals surface area contributed by atoms with Gasteiger partial charge in [-0.15, -0.1) is 0 Å². The van der Waals surface area contributed by atoms with Crippen molar-refractivity contribution in [1.29, 1.82) is 0 Å². The molecule has 0 atom stereocenters. The molecule has 2 rings (SSSR count). The van der Waals surface area contributed by atoms with Crippen molar-refractivity contribution in [3.05, 3.63) is 48.0 Å². The minimum atomic E-state index is -0.235. The van der Waals surface area contributed by atoms with Gasteiger partial charge in [-0.05, 0) is 23.1 Å². The molecule has 3 heteroatoms. The van der Waals surface area contributed by atoms with Gasteiger partial charge < -0.3 is 9.47 Å². The van der Waals surface area contributed by atoms with E-state index < -0.39 is 0 Å². The second kappa shape index (κ2) is 7.65. The molecule has 0 aromatic carbocycles. The number of hydrogen-bond donors (Lipinski definition) is 0. The van der Waals surface area contributed by atoms with Gasteiger partial charge >= 0.3 is 5.97 Å². The smallest absolute Gasteiger partial charge is 0.302 e. The third-order valence-corrected chi connectivity index (χ3v) is 3.14. The van der Waals surface area contributed by atoms with E-state index in [1.807, 2.05) is 6.07 Å². The van der Waals surface area contributed by atoms with Gasteiger partial charge in [-0.25, -0.2) is 0 Å². The predicted molar refractivity (Wildman–Crippen MR) is 78.8 cm³/mol. The topological polar surface area (TPSA) is 35.5 Å². The van der Waals surface area contributed by atoms with Crippen LogP contribution >= 0.6 is 0 Å². The van der Waals surface area contributed by atoms with E-state index in [0.29, 0.717) is 19.8 Å². The number of fused-ring (bicyclic) bond motifs is 1. The Balaban J connectivity index is 1.71. The monoisotopic (exact) mass is 272 g/mol. The molecule has 0 N–H and O–H groups in total. The highest BCUT2D eigenvalue weighted by Crippen LogP contribution is 2.26. The molecule has 0 radical (unpaired) electrons. The van der Waals surface area contributed by atoms with Gasteiger partial charge in [0.2, 0.25) is 0 Å². The molecule has 0 fully saturated rings. The lowest BCUT2D eigenvalue weighted by atomic mass is 10.1. The van der Waals surface area contributed by atoms with Crippen LogP contribution < -0.4 is 0 Å². The maximum absolute atomic E-state index is 10.6. The Bertz CT molecular complexity index is 522. The molecule has 0 spiro atoms. The lowest BCUT2D eigenvalue weighted by Crippen LogP contribution is -2.06. The highest BCUT2D eigenvalue weighted by atomic mass is 16.5. The van der Waals surface area contributed by atoms with E-state index in [0.717, 1.165) is 12.8 Å². The van der Waals surface area contributed by atoms with Crippen LogP contribution in [0.4, 0.5) is 0 Å². The first kappa shape index (κ1) is 14.5. The zero-order valence-corrected chi connectivity index (χ0v) is 11.8. The average Bonchev–Trinajstić information content (AvgIpc) is 2.66. The number of rotatable bonds is 7. The van der Waals surface area contributed by atoms with Crippen LogP contribution in [0, 0.1) is 0 Å². The summed E-state index contributed by atoms with van der Waals surface area (Å²) < 4.78 is 10.4. The van der Waals surface area contributed by atoms with Gasteiger partial charge in [-0.2, -0.15) is 0 Å². The summed E-state index contributed by atoms with van der Waals surface area (Å²) in [4.78, 5) is 10.6. The maximum Gasteiger partial charge on any atom is 0.302 e. The minimum Gasteiger partial charge on any atom is -0.466 e. The van der Waals surface area contributed by atoms with Gasteiger partial charge in [0, 0.05) is 20.0 Å². The highest BCUT2D eigenvalue weighted by molar-refractivity contribution is 5.70. The zero-order valence-electron chi connectivity index (χ0n) is 11.8. The van der Waals surface area contributed by atoms with Crippen molar-refractivity contribution in [2.45, 2.75) is 19.8 Å². The Labute approximate surface area is 119 Å². The summed E-state index contributed by atoms with van der Waals surface area (Å²) in [6.07, 6.45) is 1.65. The first-order valence-electron chi connectivity index (χ1n) is 6.95. The van der Waals surface area contributed by atoms with Crippen molar-refractivity contribution in [3.8, 4) is 11.1 Å². The standard InChI is InChI=1S/C17H20O3/c1-14(18)20-12-5-11-19-13-10-16-9-8-15-6-3-2-4-7-17(15)16/h2-4,6-9H,5,10-13H2,1H3. The number of hydrogen-bond acceptors (Lipinski definition) is 3. The molecule has 0 aromatic heterocycles. The van der Waals surface area contributed by atoms with E-state index in [-0.39, 0.29) is 5.97 Å². The normalized spacial score (nSPS) is 10.7. The molecular formula is C17H20O3. The fourth-order valence-corrected chi connectivity index (χ4v) is 2.16. The zero-order chi connectivity index (χ0) is 14.2. The lowest BCUT2D eigenvalue weighted by molar-refractivity contribution is -0.141. The van der Waals surface area contributed by atoms with E-state index in [1.165, 1.54) is 23.6 Å². The van der Waals surface area contributed by atoms with Crippen molar-refractivity contribution in [2.24, 2.45) is 0 Å². The van der Waals surface area contributed by atoms with Gasteiger partial charge in [0.05, 0.1) is 13.2 Å². The van der Waals surface area contributed by atoms with E-state index in [9.17, 15) is 4.79 Å². The lowest BCUT2D eigenvalue weighted by Gasteiger charge is -2.05. The first-order valence-corrected chi connectivity index (χ1v) is 6.95. The van der Waals surface area contributed by atoms with E-state index in [1.54, 1.807) is 0 Å². The minimum absolute atomic E-state index is 0.235. The molecule has 3 nitrogen and oxygen atoms in total. The van der Waals surface area contributed by atoms with Gasteiger partial charge in [-0.3, -0.25) is 4.79 Å². The molecule has 0 aliphatic heterocycles. The summed E-state index contributed by atoms with van der Waals surface area (Å²) in [5, 5.41) is 0. The summed E-state index contributed by atoms with van der Waals surface area (Å²) >= 11 is 0. The van der Waals surface area contributed by atoms with Gasteiger partial charge in [0.1, 0.15) is 0 Å². The molecule has 0 bridgehead atoms. The van der Waals surface area contributed by atoms with Crippen molar-refractivity contribution in [3.63, 3.8) is 0 Å². The van der Waals surface area contributed by atoms with Crippen molar-refractivity contribution in [1.82, 2.24) is 0 Å². The molecule has 106 valence electrons. The summed E-state index contributed by atoms with van der Waals surface area (Å²) in [7, 11) is 0. The fraction of sp³-hybridized carbons (Fsp3) is 0.353. The third-order valence-electron chi connectivity index (χ3n) is 3.14. The number of ether oxygens (including phenoxy) is 2. The van der Waals surface area contributed by atoms with E-state index in [4.69, 9.17) is 9.47 Å². The second-order valence-corrected chi connectivity index (χ2v) is 4.69. The summed E-state index contributed by atoms with van der Waals surface area (Å²) in [6.45, 7) is 3.17. The summed E-state index contributed by atoms with van der Waals surface area (Å²) in [5.74, 6) is -0.235. The Morgan fingerprint density at radius 2 is 1.85 bits per heavy atom. The van der Waals surface area contributed by atoms with Gasteiger partial charge in [0.15, 0.2) is 0 Å². The molecule has 2 aliphatic rings. The number of carbonyl (C=O) groups is 1. The Morgan fingerprint density at radius 1 is 1.00 bits per heavy atom. The molecule has 0 heterocycles. The van der Waals surface area contributed by atoms with Crippen LogP contribution in [0.15, 0.2) is 42.5 Å². The molecule has 0 aromatic rings. The van der Waals surface area contributed by atoms with Crippen LogP contribution in [0.25, 0.3) is 11.1 Å². The molecule has 0 saturated heterocycles. The van der Waals surface area contributed by atoms with E-state index >= 15 is 0 Å². The van der Waals surface area contributed by atoms with Crippen LogP contribution in [-0.2, 0) is 20.7 Å². The summed E-state index contributed by atoms with van der Waals surface area (Å²) in [6, 6.07) is 14.7. The Kier molecular flexibility index (Phi) is 5.56. The SMILES string of the molecule is CC(=O)OCCCOCCc1ccc2cccccc1-2. The van der Waals surface area contributed by atoms with Crippen LogP contribution in [0.5, 0.6) is 0 Å². The molecule has 20 heavy (non-hydrogen) atoms. The van der Waals surface area contributed by atoms with Crippen LogP contribution in [0.3, 0.4) is 0 Å². The third kappa shape index (κ3) is 4.35. The molecule has 0 amide bonds. The van der Waals surface area contributed by atoms with Crippen molar-refractivity contribution < 1.29 is 14.3 Å². The van der Waals surface area contributed by atoms with Crippen molar-refractivity contribution >= 4 is 5.97 Å². The first-order chi connectivity index (χ1) is 9.77. The largest absolute Gasteiger partial charge is 0.466 e. The highest BCUT2D eigenvalue weighted by Gasteiger charge is 2.06. The number of esters is 1. The second-order valence-electron chi connectivity index (χ2n) is 4.69. The Morgan fingerprint density at radius 3 is 2.70 bits per heavy atom. The average molecular weight is 272 g/mol.